The van der Waals surface area contributed by atoms with Gasteiger partial charge in [0.1, 0.15) is 15.6 Å². The predicted octanol–water partition coefficient (Wildman–Crippen LogP) is 1.01. The van der Waals surface area contributed by atoms with Crippen molar-refractivity contribution in [3.05, 3.63) is 0 Å². The highest BCUT2D eigenvalue weighted by Crippen LogP contribution is 2.32. The molecule has 2 aliphatic rings. The van der Waals surface area contributed by atoms with Crippen molar-refractivity contribution in [2.24, 2.45) is 0 Å². The van der Waals surface area contributed by atoms with Gasteiger partial charge in [0.05, 0.1) is 5.75 Å². The highest BCUT2D eigenvalue weighted by atomic mass is 32.2. The number of sulfone groups is 1. The maximum Gasteiger partial charge on any atom is 0.147 e. The van der Waals surface area contributed by atoms with Gasteiger partial charge in [-0.2, -0.15) is 0 Å². The maximum atomic E-state index is 11.5. The van der Waals surface area contributed by atoms with E-state index in [1.807, 2.05) is 0 Å². The Hall–Kier alpha value is -0.420. The second kappa shape index (κ2) is 5.06. The van der Waals surface area contributed by atoms with E-state index in [-0.39, 0.29) is 5.75 Å². The number of nitrogens with zero attached hydrogens (tertiary/aromatic N) is 1. The van der Waals surface area contributed by atoms with E-state index < -0.39 is 9.84 Å². The van der Waals surface area contributed by atoms with Crippen LogP contribution >= 0.6 is 0 Å². The van der Waals surface area contributed by atoms with Gasteiger partial charge < -0.3 is 0 Å². The molecule has 2 saturated heterocycles. The van der Waals surface area contributed by atoms with Gasteiger partial charge in [-0.15, -0.1) is 0 Å². The van der Waals surface area contributed by atoms with Crippen molar-refractivity contribution in [3.8, 4) is 0 Å². The van der Waals surface area contributed by atoms with Gasteiger partial charge in [-0.1, -0.05) is 6.42 Å². The number of carbonyl (C=O) groups is 1. The molecule has 2 rings (SSSR count). The lowest BCUT2D eigenvalue weighted by atomic mass is 9.84. The Kier molecular flexibility index (Phi) is 3.88. The lowest BCUT2D eigenvalue weighted by Crippen LogP contribution is -2.52. The molecule has 0 aromatic heterocycles. The SMILES string of the molecule is CS(=O)(=O)CCCN1C2CCCC1CC(=O)C2. The molecular formula is C12H21NO3S. The fraction of sp³-hybridized carbons (Fsp3) is 0.917. The van der Waals surface area contributed by atoms with Crippen LogP contribution in [0, 0.1) is 0 Å². The van der Waals surface area contributed by atoms with Crippen molar-refractivity contribution in [1.29, 1.82) is 0 Å². The number of fused-ring (bicyclic) bond motifs is 2. The molecule has 0 N–H and O–H groups in total. The van der Waals surface area contributed by atoms with Crippen LogP contribution in [0.3, 0.4) is 0 Å². The van der Waals surface area contributed by atoms with E-state index in [1.54, 1.807) is 0 Å². The Morgan fingerprint density at radius 3 is 2.35 bits per heavy atom. The summed E-state index contributed by atoms with van der Waals surface area (Å²) >= 11 is 0. The van der Waals surface area contributed by atoms with E-state index >= 15 is 0 Å². The average molecular weight is 259 g/mol. The molecule has 17 heavy (non-hydrogen) atoms. The first-order valence-corrected chi connectivity index (χ1v) is 8.47. The van der Waals surface area contributed by atoms with Crippen molar-refractivity contribution in [3.63, 3.8) is 0 Å². The molecule has 0 aliphatic carbocycles. The fourth-order valence-electron chi connectivity index (χ4n) is 3.14. The Morgan fingerprint density at radius 2 is 1.82 bits per heavy atom. The zero-order chi connectivity index (χ0) is 12.5. The largest absolute Gasteiger partial charge is 0.300 e. The zero-order valence-electron chi connectivity index (χ0n) is 10.4. The summed E-state index contributed by atoms with van der Waals surface area (Å²) in [6, 6.07) is 0.768. The number of carbonyl (C=O) groups excluding carboxylic acids is 1. The quantitative estimate of drug-likeness (QED) is 0.756. The summed E-state index contributed by atoms with van der Waals surface area (Å²) < 4.78 is 22.2. The Bertz CT molecular complexity index is 375. The van der Waals surface area contributed by atoms with E-state index in [4.69, 9.17) is 0 Å². The smallest absolute Gasteiger partial charge is 0.147 e. The number of Topliss-reactive ketones (excluding diaryl/α,β-unsaturated/α-hetero) is 1. The minimum Gasteiger partial charge on any atom is -0.300 e. The van der Waals surface area contributed by atoms with Gasteiger partial charge in [0, 0.05) is 31.2 Å². The topological polar surface area (TPSA) is 54.5 Å². The van der Waals surface area contributed by atoms with E-state index in [9.17, 15) is 13.2 Å². The highest BCUT2D eigenvalue weighted by molar-refractivity contribution is 7.90. The van der Waals surface area contributed by atoms with Crippen LogP contribution in [0.1, 0.15) is 38.5 Å². The van der Waals surface area contributed by atoms with Crippen molar-refractivity contribution in [2.75, 3.05) is 18.6 Å². The summed E-state index contributed by atoms with van der Waals surface area (Å²) in [6.07, 6.45) is 6.74. The van der Waals surface area contributed by atoms with E-state index in [1.165, 1.54) is 12.7 Å². The molecule has 4 nitrogen and oxygen atoms in total. The lowest BCUT2D eigenvalue weighted by molar-refractivity contribution is -0.127. The van der Waals surface area contributed by atoms with Crippen molar-refractivity contribution >= 4 is 15.6 Å². The minimum atomic E-state index is -2.85. The molecule has 0 spiro atoms. The molecule has 0 radical (unpaired) electrons. The molecule has 2 heterocycles. The molecule has 2 fully saturated rings. The normalized spacial score (nSPS) is 30.5. The Balaban J connectivity index is 1.89. The average Bonchev–Trinajstić information content (AvgIpc) is 2.17. The summed E-state index contributed by atoms with van der Waals surface area (Å²) in [4.78, 5) is 13.9. The van der Waals surface area contributed by atoms with Crippen LogP contribution in [0.25, 0.3) is 0 Å². The second-order valence-corrected chi connectivity index (χ2v) is 7.67. The summed E-state index contributed by atoms with van der Waals surface area (Å²) in [5.74, 6) is 0.649. The first kappa shape index (κ1) is 13.0. The number of piperidine rings is 2. The van der Waals surface area contributed by atoms with Gasteiger partial charge in [0.15, 0.2) is 0 Å². The molecule has 2 bridgehead atoms. The molecule has 0 aromatic rings. The standard InChI is InChI=1S/C12H21NO3S/c1-17(15,16)7-3-6-13-10-4-2-5-11(13)9-12(14)8-10/h10-11H,2-9H2,1H3. The summed E-state index contributed by atoms with van der Waals surface area (Å²) in [5, 5.41) is 0. The predicted molar refractivity (Wildman–Crippen MR) is 66.7 cm³/mol. The van der Waals surface area contributed by atoms with Crippen LogP contribution in [0.5, 0.6) is 0 Å². The molecule has 2 atom stereocenters. The summed E-state index contributed by atoms with van der Waals surface area (Å²) in [7, 11) is -2.85. The molecule has 98 valence electrons. The lowest BCUT2D eigenvalue weighted by Gasteiger charge is -2.45. The van der Waals surface area contributed by atoms with Crippen molar-refractivity contribution in [1.82, 2.24) is 4.90 Å². The van der Waals surface area contributed by atoms with Gasteiger partial charge in [-0.3, -0.25) is 9.69 Å². The molecular weight excluding hydrogens is 238 g/mol. The molecule has 0 amide bonds. The van der Waals surface area contributed by atoms with E-state index in [0.717, 1.165) is 19.4 Å². The van der Waals surface area contributed by atoms with Gasteiger partial charge >= 0.3 is 0 Å². The van der Waals surface area contributed by atoms with E-state index in [0.29, 0.717) is 37.1 Å². The van der Waals surface area contributed by atoms with Gasteiger partial charge in [-0.25, -0.2) is 8.42 Å². The number of ketones is 1. The van der Waals surface area contributed by atoms with Crippen LogP contribution in [-0.4, -0.2) is 49.7 Å². The molecule has 0 saturated carbocycles. The second-order valence-electron chi connectivity index (χ2n) is 5.41. The number of hydrogen-bond acceptors (Lipinski definition) is 4. The van der Waals surface area contributed by atoms with Crippen LogP contribution in [0.15, 0.2) is 0 Å². The molecule has 2 aliphatic heterocycles. The fourth-order valence-corrected chi connectivity index (χ4v) is 3.79. The third-order valence-corrected chi connectivity index (χ3v) is 4.90. The van der Waals surface area contributed by atoms with Crippen LogP contribution in [-0.2, 0) is 14.6 Å². The first-order valence-electron chi connectivity index (χ1n) is 6.41. The first-order chi connectivity index (χ1) is 7.96. The zero-order valence-corrected chi connectivity index (χ0v) is 11.2. The van der Waals surface area contributed by atoms with Crippen molar-refractivity contribution in [2.45, 2.75) is 50.6 Å². The van der Waals surface area contributed by atoms with Gasteiger partial charge in [-0.05, 0) is 25.8 Å². The van der Waals surface area contributed by atoms with Crippen molar-refractivity contribution < 1.29 is 13.2 Å². The van der Waals surface area contributed by atoms with Crippen LogP contribution in [0.2, 0.25) is 0 Å². The third-order valence-electron chi connectivity index (χ3n) is 3.87. The van der Waals surface area contributed by atoms with E-state index in [2.05, 4.69) is 4.90 Å². The Labute approximate surface area is 103 Å². The Morgan fingerprint density at radius 1 is 1.24 bits per heavy atom. The molecule has 2 unspecified atom stereocenters. The monoisotopic (exact) mass is 259 g/mol. The van der Waals surface area contributed by atoms with Gasteiger partial charge in [0.2, 0.25) is 0 Å². The molecule has 0 aromatic carbocycles. The number of rotatable bonds is 4. The summed E-state index contributed by atoms with van der Waals surface area (Å²) in [5.41, 5.74) is 0. The minimum absolute atomic E-state index is 0.261. The van der Waals surface area contributed by atoms with Crippen LogP contribution in [0.4, 0.5) is 0 Å². The summed E-state index contributed by atoms with van der Waals surface area (Å²) in [6.45, 7) is 0.829. The molecule has 5 heteroatoms. The number of hydrogen-bond donors (Lipinski definition) is 0. The third kappa shape index (κ3) is 3.52. The highest BCUT2D eigenvalue weighted by Gasteiger charge is 2.36. The van der Waals surface area contributed by atoms with Gasteiger partial charge in [0.25, 0.3) is 0 Å². The maximum absolute atomic E-state index is 11.5. The van der Waals surface area contributed by atoms with Crippen LogP contribution < -0.4 is 0 Å².